The van der Waals surface area contributed by atoms with E-state index in [9.17, 15) is 14.0 Å². The van der Waals surface area contributed by atoms with E-state index in [1.165, 1.54) is 22.8 Å². The molecule has 34 heavy (non-hydrogen) atoms. The second-order valence-electron chi connectivity index (χ2n) is 8.68. The van der Waals surface area contributed by atoms with E-state index in [4.69, 9.17) is 16.6 Å². The molecule has 0 saturated heterocycles. The first-order valence-electron chi connectivity index (χ1n) is 12.1. The van der Waals surface area contributed by atoms with Gasteiger partial charge in [0.15, 0.2) is 0 Å². The van der Waals surface area contributed by atoms with Crippen molar-refractivity contribution in [3.05, 3.63) is 69.5 Å². The molecule has 0 spiro atoms. The summed E-state index contributed by atoms with van der Waals surface area (Å²) < 4.78 is 15.4. The third-order valence-corrected chi connectivity index (χ3v) is 6.59. The lowest BCUT2D eigenvalue weighted by molar-refractivity contribution is -0.138. The van der Waals surface area contributed by atoms with Crippen molar-refractivity contribution in [2.45, 2.75) is 65.8 Å². The molecule has 0 fully saturated rings. The molecule has 0 radical (unpaired) electrons. The van der Waals surface area contributed by atoms with Gasteiger partial charge in [-0.3, -0.25) is 14.2 Å². The predicted octanol–water partition coefficient (Wildman–Crippen LogP) is 6.69. The number of carbonyl (C=O) groups is 1. The van der Waals surface area contributed by atoms with Crippen molar-refractivity contribution in [3.8, 4) is 5.69 Å². The van der Waals surface area contributed by atoms with Crippen LogP contribution in [0.5, 0.6) is 0 Å². The van der Waals surface area contributed by atoms with E-state index in [-0.39, 0.29) is 22.4 Å². The number of carbonyl (C=O) groups excluding carboxylic acids is 1. The van der Waals surface area contributed by atoms with Crippen LogP contribution in [0.15, 0.2) is 47.3 Å². The van der Waals surface area contributed by atoms with Crippen LogP contribution in [0, 0.1) is 11.7 Å². The maximum absolute atomic E-state index is 13.9. The van der Waals surface area contributed by atoms with E-state index >= 15 is 0 Å². The Bertz CT molecular complexity index is 1210. The summed E-state index contributed by atoms with van der Waals surface area (Å²) in [5.74, 6) is -0.129. The summed E-state index contributed by atoms with van der Waals surface area (Å²) in [5.41, 5.74) is 0.691. The molecule has 1 heterocycles. The molecule has 2 aromatic carbocycles. The highest BCUT2D eigenvalue weighted by molar-refractivity contribution is 6.30. The van der Waals surface area contributed by atoms with Crippen molar-refractivity contribution in [1.82, 2.24) is 14.5 Å². The fourth-order valence-corrected chi connectivity index (χ4v) is 4.54. The van der Waals surface area contributed by atoms with E-state index in [0.717, 1.165) is 32.1 Å². The number of hydrogen-bond donors (Lipinski definition) is 0. The largest absolute Gasteiger partial charge is 0.333 e. The van der Waals surface area contributed by atoms with Crippen LogP contribution in [-0.2, 0) is 4.79 Å². The Hall–Kier alpha value is -2.73. The molecule has 182 valence electrons. The van der Waals surface area contributed by atoms with Crippen molar-refractivity contribution in [2.24, 2.45) is 5.92 Å². The van der Waals surface area contributed by atoms with Crippen molar-refractivity contribution >= 4 is 28.4 Å². The number of aromatic nitrogens is 2. The minimum absolute atomic E-state index is 0.0742. The van der Waals surface area contributed by atoms with E-state index in [1.807, 2.05) is 31.7 Å². The minimum atomic E-state index is -0.564. The van der Waals surface area contributed by atoms with Gasteiger partial charge in [0.2, 0.25) is 5.91 Å². The van der Waals surface area contributed by atoms with Gasteiger partial charge in [-0.05, 0) is 56.5 Å². The normalized spacial score (nSPS) is 13.1. The summed E-state index contributed by atoms with van der Waals surface area (Å²) in [7, 11) is 0. The Kier molecular flexibility index (Phi) is 8.84. The molecular formula is C27H33ClFN3O2. The average molecular weight is 486 g/mol. The molecule has 0 bridgehead atoms. The quantitative estimate of drug-likeness (QED) is 0.321. The second kappa shape index (κ2) is 11.6. The summed E-state index contributed by atoms with van der Waals surface area (Å²) >= 11 is 6.06. The van der Waals surface area contributed by atoms with Gasteiger partial charge in [0.05, 0.1) is 27.7 Å². The highest BCUT2D eigenvalue weighted by atomic mass is 35.5. The Balaban J connectivity index is 2.19. The Labute approximate surface area is 205 Å². The van der Waals surface area contributed by atoms with Gasteiger partial charge in [-0.15, -0.1) is 0 Å². The molecule has 0 aliphatic carbocycles. The fourth-order valence-electron chi connectivity index (χ4n) is 4.37. The Morgan fingerprint density at radius 3 is 2.53 bits per heavy atom. The van der Waals surface area contributed by atoms with Gasteiger partial charge >= 0.3 is 0 Å². The van der Waals surface area contributed by atoms with Crippen LogP contribution >= 0.6 is 11.6 Å². The number of rotatable bonds is 10. The molecule has 0 N–H and O–H groups in total. The SMILES string of the molecule is CCCCC(CC)C(=O)N(CCC)C(C)c1nc2ccccc2c(=O)n1-c1ccc(F)c(Cl)c1. The first-order valence-corrected chi connectivity index (χ1v) is 12.5. The molecule has 2 unspecified atom stereocenters. The summed E-state index contributed by atoms with van der Waals surface area (Å²) in [6, 6.07) is 10.8. The van der Waals surface area contributed by atoms with Gasteiger partial charge < -0.3 is 4.90 Å². The standard InChI is InChI=1S/C27H33ClFN3O2/c1-5-8-11-19(7-3)26(33)31(16-6-2)18(4)25-30-24-13-10-9-12-21(24)27(34)32(25)20-14-15-23(29)22(28)17-20/h9-10,12-15,17-19H,5-8,11,16H2,1-4H3. The number of unbranched alkanes of at least 4 members (excludes halogenated alkanes) is 1. The van der Waals surface area contributed by atoms with Crippen LogP contribution in [0.3, 0.4) is 0 Å². The fraction of sp³-hybridized carbons (Fsp3) is 0.444. The van der Waals surface area contributed by atoms with Crippen molar-refractivity contribution < 1.29 is 9.18 Å². The molecule has 7 heteroatoms. The van der Waals surface area contributed by atoms with E-state index in [2.05, 4.69) is 6.92 Å². The Morgan fingerprint density at radius 2 is 1.88 bits per heavy atom. The molecular weight excluding hydrogens is 453 g/mol. The number of fused-ring (bicyclic) bond motifs is 1. The molecule has 0 aliphatic heterocycles. The molecule has 0 saturated carbocycles. The van der Waals surface area contributed by atoms with Gasteiger partial charge in [0, 0.05) is 12.5 Å². The maximum Gasteiger partial charge on any atom is 0.266 e. The summed E-state index contributed by atoms with van der Waals surface area (Å²) in [5, 5.41) is 0.366. The topological polar surface area (TPSA) is 55.2 Å². The van der Waals surface area contributed by atoms with Gasteiger partial charge in [-0.2, -0.15) is 0 Å². The zero-order valence-electron chi connectivity index (χ0n) is 20.4. The average Bonchev–Trinajstić information content (AvgIpc) is 2.84. The lowest BCUT2D eigenvalue weighted by Gasteiger charge is -2.33. The molecule has 2 atom stereocenters. The van der Waals surface area contributed by atoms with Crippen LogP contribution in [0.4, 0.5) is 4.39 Å². The first-order chi connectivity index (χ1) is 16.3. The monoisotopic (exact) mass is 485 g/mol. The molecule has 0 aliphatic rings. The first kappa shape index (κ1) is 25.9. The van der Waals surface area contributed by atoms with Crippen LogP contribution in [0.25, 0.3) is 16.6 Å². The number of benzene rings is 2. The molecule has 3 rings (SSSR count). The van der Waals surface area contributed by atoms with E-state index in [1.54, 1.807) is 18.2 Å². The summed E-state index contributed by atoms with van der Waals surface area (Å²) in [6.45, 7) is 8.64. The highest BCUT2D eigenvalue weighted by Crippen LogP contribution is 2.28. The number of nitrogens with zero attached hydrogens (tertiary/aromatic N) is 3. The maximum atomic E-state index is 13.9. The lowest BCUT2D eigenvalue weighted by atomic mass is 9.96. The summed E-state index contributed by atoms with van der Waals surface area (Å²) in [4.78, 5) is 33.9. The van der Waals surface area contributed by atoms with Crippen molar-refractivity contribution in [1.29, 1.82) is 0 Å². The number of amides is 1. The van der Waals surface area contributed by atoms with Crippen LogP contribution in [-0.4, -0.2) is 26.9 Å². The van der Waals surface area contributed by atoms with E-state index in [0.29, 0.717) is 29.0 Å². The predicted molar refractivity (Wildman–Crippen MR) is 136 cm³/mol. The third-order valence-electron chi connectivity index (χ3n) is 6.30. The number of halogens is 2. The smallest absolute Gasteiger partial charge is 0.266 e. The van der Waals surface area contributed by atoms with Crippen LogP contribution < -0.4 is 5.56 Å². The van der Waals surface area contributed by atoms with Crippen molar-refractivity contribution in [3.63, 3.8) is 0 Å². The van der Waals surface area contributed by atoms with Gasteiger partial charge in [0.25, 0.3) is 5.56 Å². The second-order valence-corrected chi connectivity index (χ2v) is 9.09. The molecule has 3 aromatic rings. The molecule has 1 amide bonds. The minimum Gasteiger partial charge on any atom is -0.333 e. The zero-order valence-corrected chi connectivity index (χ0v) is 21.1. The lowest BCUT2D eigenvalue weighted by Crippen LogP contribution is -2.41. The number of hydrogen-bond acceptors (Lipinski definition) is 3. The van der Waals surface area contributed by atoms with Crippen LogP contribution in [0.2, 0.25) is 5.02 Å². The van der Waals surface area contributed by atoms with Gasteiger partial charge in [0.1, 0.15) is 11.6 Å². The Morgan fingerprint density at radius 1 is 1.15 bits per heavy atom. The van der Waals surface area contributed by atoms with E-state index < -0.39 is 11.9 Å². The molecule has 1 aromatic heterocycles. The zero-order chi connectivity index (χ0) is 24.8. The number of para-hydroxylation sites is 1. The van der Waals surface area contributed by atoms with Crippen molar-refractivity contribution in [2.75, 3.05) is 6.54 Å². The molecule has 5 nitrogen and oxygen atoms in total. The van der Waals surface area contributed by atoms with Gasteiger partial charge in [-0.25, -0.2) is 9.37 Å². The third kappa shape index (κ3) is 5.33. The highest BCUT2D eigenvalue weighted by Gasteiger charge is 2.30. The van der Waals surface area contributed by atoms with Gasteiger partial charge in [-0.1, -0.05) is 57.3 Å². The van der Waals surface area contributed by atoms with Crippen LogP contribution in [0.1, 0.15) is 71.7 Å². The summed E-state index contributed by atoms with van der Waals surface area (Å²) in [6.07, 6.45) is 4.40.